The van der Waals surface area contributed by atoms with Gasteiger partial charge >= 0.3 is 0 Å². The van der Waals surface area contributed by atoms with E-state index in [9.17, 15) is 0 Å². The number of benzene rings is 2. The van der Waals surface area contributed by atoms with Crippen LogP contribution in [-0.4, -0.2) is 19.3 Å². The molecule has 1 aliphatic heterocycles. The summed E-state index contributed by atoms with van der Waals surface area (Å²) in [7, 11) is 0. The van der Waals surface area contributed by atoms with Crippen molar-refractivity contribution in [3.05, 3.63) is 65.7 Å². The van der Waals surface area contributed by atoms with Crippen LogP contribution in [0, 0.1) is 5.92 Å². The number of rotatable bonds is 4. The minimum absolute atomic E-state index is 0.683. The summed E-state index contributed by atoms with van der Waals surface area (Å²) >= 11 is 1.82. The minimum Gasteiger partial charge on any atom is -0.316 e. The van der Waals surface area contributed by atoms with E-state index in [0.29, 0.717) is 11.8 Å². The molecule has 0 amide bonds. The summed E-state index contributed by atoms with van der Waals surface area (Å²) in [5, 5.41) is 3.57. The van der Waals surface area contributed by atoms with Crippen molar-refractivity contribution in [2.45, 2.75) is 23.7 Å². The molecular weight excluding hydrogens is 274 g/mol. The minimum atomic E-state index is 0.683. The third-order valence-electron chi connectivity index (χ3n) is 4.49. The van der Waals surface area contributed by atoms with Crippen molar-refractivity contribution in [2.24, 2.45) is 5.92 Å². The van der Waals surface area contributed by atoms with E-state index in [1.165, 1.54) is 28.9 Å². The normalized spacial score (nSPS) is 22.1. The van der Waals surface area contributed by atoms with Crippen LogP contribution >= 0.6 is 11.8 Å². The first-order valence-electron chi connectivity index (χ1n) is 7.75. The van der Waals surface area contributed by atoms with Gasteiger partial charge in [-0.25, -0.2) is 0 Å². The summed E-state index contributed by atoms with van der Waals surface area (Å²) in [6, 6.07) is 20.1. The summed E-state index contributed by atoms with van der Waals surface area (Å²) in [5.41, 5.74) is 2.96. The second-order valence-electron chi connectivity index (χ2n) is 5.82. The number of nitrogens with one attached hydrogen (secondary N) is 1. The Morgan fingerprint density at radius 1 is 1.05 bits per heavy atom. The van der Waals surface area contributed by atoms with Crippen molar-refractivity contribution in [1.29, 1.82) is 0 Å². The largest absolute Gasteiger partial charge is 0.316 e. The maximum atomic E-state index is 3.57. The Labute approximate surface area is 132 Å². The molecule has 0 spiro atoms. The topological polar surface area (TPSA) is 12.0 Å². The molecule has 21 heavy (non-hydrogen) atoms. The van der Waals surface area contributed by atoms with Gasteiger partial charge in [0.05, 0.1) is 0 Å². The molecule has 1 nitrogen and oxygen atoms in total. The van der Waals surface area contributed by atoms with Crippen molar-refractivity contribution in [1.82, 2.24) is 5.32 Å². The molecule has 2 heteroatoms. The van der Waals surface area contributed by atoms with Crippen LogP contribution < -0.4 is 5.32 Å². The lowest BCUT2D eigenvalue weighted by molar-refractivity contribution is 0.324. The molecule has 2 unspecified atom stereocenters. The fourth-order valence-corrected chi connectivity index (χ4v) is 3.75. The Balaban J connectivity index is 1.77. The van der Waals surface area contributed by atoms with Gasteiger partial charge in [0.25, 0.3) is 0 Å². The Hall–Kier alpha value is -1.25. The van der Waals surface area contributed by atoms with Gasteiger partial charge in [0, 0.05) is 4.90 Å². The van der Waals surface area contributed by atoms with Crippen LogP contribution in [-0.2, 0) is 6.42 Å². The van der Waals surface area contributed by atoms with Gasteiger partial charge in [0.1, 0.15) is 0 Å². The van der Waals surface area contributed by atoms with Crippen molar-refractivity contribution in [3.63, 3.8) is 0 Å². The molecule has 1 fully saturated rings. The van der Waals surface area contributed by atoms with Gasteiger partial charge in [-0.05, 0) is 67.3 Å². The quantitative estimate of drug-likeness (QED) is 0.842. The van der Waals surface area contributed by atoms with Gasteiger partial charge in [-0.3, -0.25) is 0 Å². The fourth-order valence-electron chi connectivity index (χ4n) is 3.34. The summed E-state index contributed by atoms with van der Waals surface area (Å²) in [4.78, 5) is 1.35. The highest BCUT2D eigenvalue weighted by molar-refractivity contribution is 7.98. The van der Waals surface area contributed by atoms with Gasteiger partial charge in [-0.15, -0.1) is 11.8 Å². The van der Waals surface area contributed by atoms with Crippen LogP contribution in [0.5, 0.6) is 0 Å². The Bertz CT molecular complexity index is 550. The second-order valence-corrected chi connectivity index (χ2v) is 6.70. The van der Waals surface area contributed by atoms with E-state index in [0.717, 1.165) is 13.1 Å². The molecule has 1 saturated heterocycles. The molecule has 1 N–H and O–H groups in total. The van der Waals surface area contributed by atoms with E-state index in [1.54, 1.807) is 0 Å². The monoisotopic (exact) mass is 297 g/mol. The standard InChI is InChI=1S/C19H23NS/c1-21-18-9-7-16(8-10-18)19-11-12-20-14-17(19)13-15-5-3-2-4-6-15/h2-10,17,19-20H,11-14H2,1H3. The van der Waals surface area contributed by atoms with Crippen LogP contribution in [0.2, 0.25) is 0 Å². The zero-order chi connectivity index (χ0) is 14.5. The second kappa shape index (κ2) is 7.15. The molecule has 2 aromatic carbocycles. The van der Waals surface area contributed by atoms with Crippen LogP contribution in [0.1, 0.15) is 23.5 Å². The maximum Gasteiger partial charge on any atom is 0.00693 e. The highest BCUT2D eigenvalue weighted by atomic mass is 32.2. The lowest BCUT2D eigenvalue weighted by atomic mass is 9.78. The SMILES string of the molecule is CSc1ccc(C2CCNCC2Cc2ccccc2)cc1. The van der Waals surface area contributed by atoms with Crippen LogP contribution in [0.3, 0.4) is 0 Å². The van der Waals surface area contributed by atoms with Crippen molar-refractivity contribution in [2.75, 3.05) is 19.3 Å². The third kappa shape index (κ3) is 3.69. The molecule has 2 atom stereocenters. The Morgan fingerprint density at radius 3 is 2.52 bits per heavy atom. The van der Waals surface area contributed by atoms with E-state index in [2.05, 4.69) is 66.2 Å². The zero-order valence-corrected chi connectivity index (χ0v) is 13.4. The molecule has 2 aromatic rings. The van der Waals surface area contributed by atoms with Gasteiger partial charge in [0.15, 0.2) is 0 Å². The van der Waals surface area contributed by atoms with E-state index in [-0.39, 0.29) is 0 Å². The molecule has 0 radical (unpaired) electrons. The first kappa shape index (κ1) is 14.7. The lowest BCUT2D eigenvalue weighted by Crippen LogP contribution is -2.36. The summed E-state index contributed by atoms with van der Waals surface area (Å²) in [6.07, 6.45) is 4.55. The predicted octanol–water partition coefficient (Wildman–Crippen LogP) is 4.34. The molecule has 1 aliphatic rings. The van der Waals surface area contributed by atoms with Gasteiger partial charge < -0.3 is 5.32 Å². The van der Waals surface area contributed by atoms with Gasteiger partial charge in [0.2, 0.25) is 0 Å². The summed E-state index contributed by atoms with van der Waals surface area (Å²) in [5.74, 6) is 1.38. The van der Waals surface area contributed by atoms with E-state index in [4.69, 9.17) is 0 Å². The van der Waals surface area contributed by atoms with Crippen LogP contribution in [0.15, 0.2) is 59.5 Å². The Morgan fingerprint density at radius 2 is 1.81 bits per heavy atom. The predicted molar refractivity (Wildman–Crippen MR) is 92.1 cm³/mol. The molecule has 110 valence electrons. The molecule has 0 aromatic heterocycles. The summed E-state index contributed by atoms with van der Waals surface area (Å²) in [6.45, 7) is 2.27. The Kier molecular flexibility index (Phi) is 5.00. The zero-order valence-electron chi connectivity index (χ0n) is 12.6. The number of piperidine rings is 1. The van der Waals surface area contributed by atoms with Crippen molar-refractivity contribution >= 4 is 11.8 Å². The lowest BCUT2D eigenvalue weighted by Gasteiger charge is -2.33. The van der Waals surface area contributed by atoms with E-state index >= 15 is 0 Å². The number of thioether (sulfide) groups is 1. The van der Waals surface area contributed by atoms with Crippen LogP contribution in [0.4, 0.5) is 0 Å². The fraction of sp³-hybridized carbons (Fsp3) is 0.368. The molecule has 0 bridgehead atoms. The third-order valence-corrected chi connectivity index (χ3v) is 5.24. The average Bonchev–Trinajstić information content (AvgIpc) is 2.56. The van der Waals surface area contributed by atoms with Gasteiger partial charge in [-0.2, -0.15) is 0 Å². The van der Waals surface area contributed by atoms with Crippen molar-refractivity contribution in [3.8, 4) is 0 Å². The molecule has 0 saturated carbocycles. The maximum absolute atomic E-state index is 3.57. The van der Waals surface area contributed by atoms with Crippen molar-refractivity contribution < 1.29 is 0 Å². The van der Waals surface area contributed by atoms with Gasteiger partial charge in [-0.1, -0.05) is 42.5 Å². The molecular formula is C19H23NS. The highest BCUT2D eigenvalue weighted by Gasteiger charge is 2.26. The number of hydrogen-bond donors (Lipinski definition) is 1. The number of hydrogen-bond acceptors (Lipinski definition) is 2. The smallest absolute Gasteiger partial charge is 0.00693 e. The van der Waals surface area contributed by atoms with E-state index in [1.807, 2.05) is 11.8 Å². The molecule has 0 aliphatic carbocycles. The molecule has 3 rings (SSSR count). The molecule has 1 heterocycles. The first-order valence-corrected chi connectivity index (χ1v) is 8.98. The van der Waals surface area contributed by atoms with Crippen LogP contribution in [0.25, 0.3) is 0 Å². The summed E-state index contributed by atoms with van der Waals surface area (Å²) < 4.78 is 0. The van der Waals surface area contributed by atoms with E-state index < -0.39 is 0 Å². The first-order chi connectivity index (χ1) is 10.4. The highest BCUT2D eigenvalue weighted by Crippen LogP contribution is 2.33. The average molecular weight is 297 g/mol.